The zero-order valence-corrected chi connectivity index (χ0v) is 10.00. The summed E-state index contributed by atoms with van der Waals surface area (Å²) < 4.78 is 5.13. The average Bonchev–Trinajstić information content (AvgIpc) is 2.76. The highest BCUT2D eigenvalue weighted by Gasteiger charge is 2.19. The van der Waals surface area contributed by atoms with Gasteiger partial charge >= 0.3 is 6.09 Å². The molecule has 5 heteroatoms. The molecule has 0 unspecified atom stereocenters. The van der Waals surface area contributed by atoms with Crippen molar-refractivity contribution in [2.24, 2.45) is 0 Å². The minimum absolute atomic E-state index is 0.274. The first kappa shape index (κ1) is 11.1. The van der Waals surface area contributed by atoms with E-state index >= 15 is 0 Å². The fourth-order valence-corrected chi connectivity index (χ4v) is 2.16. The molecule has 4 nitrogen and oxygen atoms in total. The van der Waals surface area contributed by atoms with Gasteiger partial charge in [0.2, 0.25) is 0 Å². The van der Waals surface area contributed by atoms with Gasteiger partial charge in [0.1, 0.15) is 0 Å². The number of rotatable bonds is 3. The zero-order chi connectivity index (χ0) is 11.4. The Labute approximate surface area is 98.6 Å². The van der Waals surface area contributed by atoms with Crippen LogP contribution in [0.2, 0.25) is 0 Å². The smallest absolute Gasteiger partial charge is 0.414 e. The van der Waals surface area contributed by atoms with E-state index in [9.17, 15) is 4.79 Å². The quantitative estimate of drug-likeness (QED) is 0.760. The number of thiazole rings is 1. The Kier molecular flexibility index (Phi) is 3.56. The molecule has 0 saturated carbocycles. The van der Waals surface area contributed by atoms with E-state index in [4.69, 9.17) is 4.74 Å². The van der Waals surface area contributed by atoms with Crippen LogP contribution in [0.5, 0.6) is 0 Å². The molecule has 0 atom stereocenters. The maximum absolute atomic E-state index is 11.6. The van der Waals surface area contributed by atoms with Crippen molar-refractivity contribution >= 4 is 23.5 Å². The largest absolute Gasteiger partial charge is 0.449 e. The molecule has 0 spiro atoms. The number of hydrogen-bond acceptors (Lipinski definition) is 4. The molecule has 0 bridgehead atoms. The molecule has 0 N–H and O–H groups in total. The predicted molar refractivity (Wildman–Crippen MR) is 62.9 cm³/mol. The second-order valence-corrected chi connectivity index (χ2v) is 4.51. The SMILES string of the molecule is CCCCOC(=O)N1C=Cc2ncsc2C1. The normalized spacial score (nSPS) is 13.7. The van der Waals surface area contributed by atoms with E-state index in [0.29, 0.717) is 13.2 Å². The number of aromatic nitrogens is 1. The van der Waals surface area contributed by atoms with Crippen LogP contribution in [0.4, 0.5) is 4.79 Å². The second-order valence-electron chi connectivity index (χ2n) is 3.57. The molecule has 0 fully saturated rings. The monoisotopic (exact) mass is 238 g/mol. The minimum atomic E-state index is -0.274. The molecule has 0 aromatic carbocycles. The third-order valence-corrected chi connectivity index (χ3v) is 3.19. The van der Waals surface area contributed by atoms with Crippen molar-refractivity contribution in [2.75, 3.05) is 6.61 Å². The topological polar surface area (TPSA) is 42.4 Å². The molecule has 1 amide bonds. The van der Waals surface area contributed by atoms with Gasteiger partial charge in [-0.25, -0.2) is 9.78 Å². The average molecular weight is 238 g/mol. The molecule has 0 radical (unpaired) electrons. The Morgan fingerprint density at radius 2 is 2.56 bits per heavy atom. The number of unbranched alkanes of at least 4 members (excludes halogenated alkanes) is 1. The molecular weight excluding hydrogens is 224 g/mol. The van der Waals surface area contributed by atoms with Crippen LogP contribution in [0.15, 0.2) is 11.7 Å². The van der Waals surface area contributed by atoms with E-state index in [-0.39, 0.29) is 6.09 Å². The van der Waals surface area contributed by atoms with Gasteiger partial charge in [-0.2, -0.15) is 0 Å². The van der Waals surface area contributed by atoms with Gasteiger partial charge in [0.05, 0.1) is 29.2 Å². The van der Waals surface area contributed by atoms with Gasteiger partial charge in [-0.1, -0.05) is 13.3 Å². The fourth-order valence-electron chi connectivity index (χ4n) is 1.41. The van der Waals surface area contributed by atoms with Crippen LogP contribution in [-0.4, -0.2) is 22.6 Å². The summed E-state index contributed by atoms with van der Waals surface area (Å²) in [5, 5.41) is 0. The minimum Gasteiger partial charge on any atom is -0.449 e. The predicted octanol–water partition coefficient (Wildman–Crippen LogP) is 2.87. The molecule has 16 heavy (non-hydrogen) atoms. The number of amides is 1. The first-order valence-corrected chi connectivity index (χ1v) is 6.23. The molecule has 1 aliphatic heterocycles. The molecule has 0 aliphatic carbocycles. The van der Waals surface area contributed by atoms with Crippen LogP contribution in [0.25, 0.3) is 6.08 Å². The highest BCUT2D eigenvalue weighted by atomic mass is 32.1. The van der Waals surface area contributed by atoms with Gasteiger partial charge in [0.15, 0.2) is 0 Å². The number of ether oxygens (including phenoxy) is 1. The summed E-state index contributed by atoms with van der Waals surface area (Å²) in [5.74, 6) is 0. The zero-order valence-electron chi connectivity index (χ0n) is 9.18. The maximum Gasteiger partial charge on any atom is 0.414 e. The van der Waals surface area contributed by atoms with Crippen LogP contribution in [0.3, 0.4) is 0 Å². The van der Waals surface area contributed by atoms with Crippen molar-refractivity contribution in [3.63, 3.8) is 0 Å². The van der Waals surface area contributed by atoms with E-state index < -0.39 is 0 Å². The summed E-state index contributed by atoms with van der Waals surface area (Å²) in [6.45, 7) is 3.13. The van der Waals surface area contributed by atoms with E-state index in [0.717, 1.165) is 23.4 Å². The number of carbonyl (C=O) groups excluding carboxylic acids is 1. The Morgan fingerprint density at radius 3 is 3.38 bits per heavy atom. The third-order valence-electron chi connectivity index (χ3n) is 2.36. The van der Waals surface area contributed by atoms with Crippen molar-refractivity contribution in [2.45, 2.75) is 26.3 Å². The number of nitrogens with zero attached hydrogens (tertiary/aromatic N) is 2. The maximum atomic E-state index is 11.6. The van der Waals surface area contributed by atoms with Gasteiger partial charge < -0.3 is 4.74 Å². The highest BCUT2D eigenvalue weighted by Crippen LogP contribution is 2.22. The molecule has 1 aromatic heterocycles. The number of hydrogen-bond donors (Lipinski definition) is 0. The van der Waals surface area contributed by atoms with E-state index in [1.165, 1.54) is 0 Å². The van der Waals surface area contributed by atoms with Crippen LogP contribution in [-0.2, 0) is 11.3 Å². The molecule has 1 aromatic rings. The molecule has 2 heterocycles. The summed E-state index contributed by atoms with van der Waals surface area (Å²) in [7, 11) is 0. The van der Waals surface area contributed by atoms with Crippen molar-refractivity contribution in [1.82, 2.24) is 9.88 Å². The Hall–Kier alpha value is -1.36. The molecular formula is C11H14N2O2S. The lowest BCUT2D eigenvalue weighted by Crippen LogP contribution is -2.27. The van der Waals surface area contributed by atoms with Gasteiger partial charge in [0.25, 0.3) is 0 Å². The van der Waals surface area contributed by atoms with Crippen LogP contribution in [0, 0.1) is 0 Å². The van der Waals surface area contributed by atoms with Gasteiger partial charge in [-0.05, 0) is 12.5 Å². The van der Waals surface area contributed by atoms with Crippen molar-refractivity contribution < 1.29 is 9.53 Å². The van der Waals surface area contributed by atoms with E-state index in [1.807, 2.05) is 6.08 Å². The summed E-state index contributed by atoms with van der Waals surface area (Å²) >= 11 is 1.56. The van der Waals surface area contributed by atoms with Gasteiger partial charge in [-0.3, -0.25) is 4.90 Å². The van der Waals surface area contributed by atoms with Crippen molar-refractivity contribution in [3.8, 4) is 0 Å². The lowest BCUT2D eigenvalue weighted by molar-refractivity contribution is 0.114. The Morgan fingerprint density at radius 1 is 1.69 bits per heavy atom. The second kappa shape index (κ2) is 5.12. The first-order valence-electron chi connectivity index (χ1n) is 5.35. The van der Waals surface area contributed by atoms with Crippen molar-refractivity contribution in [3.05, 3.63) is 22.3 Å². The van der Waals surface area contributed by atoms with Crippen LogP contribution >= 0.6 is 11.3 Å². The van der Waals surface area contributed by atoms with Gasteiger partial charge in [-0.15, -0.1) is 11.3 Å². The molecule has 1 aliphatic rings. The Bertz CT molecular complexity index is 400. The summed E-state index contributed by atoms with van der Waals surface area (Å²) in [6, 6.07) is 0. The summed E-state index contributed by atoms with van der Waals surface area (Å²) in [4.78, 5) is 18.5. The fraction of sp³-hybridized carbons (Fsp3) is 0.455. The highest BCUT2D eigenvalue weighted by molar-refractivity contribution is 7.09. The lowest BCUT2D eigenvalue weighted by Gasteiger charge is -2.20. The standard InChI is InChI=1S/C11H14N2O2S/c1-2-3-6-15-11(14)13-5-4-9-10(7-13)16-8-12-9/h4-5,8H,2-3,6-7H2,1H3. The summed E-state index contributed by atoms with van der Waals surface area (Å²) in [5.41, 5.74) is 2.75. The Balaban J connectivity index is 1.90. The first-order chi connectivity index (χ1) is 7.81. The van der Waals surface area contributed by atoms with Crippen molar-refractivity contribution in [1.29, 1.82) is 0 Å². The van der Waals surface area contributed by atoms with Gasteiger partial charge in [0, 0.05) is 6.20 Å². The summed E-state index contributed by atoms with van der Waals surface area (Å²) in [6.07, 6.45) is 5.24. The molecule has 86 valence electrons. The van der Waals surface area contributed by atoms with E-state index in [1.54, 1.807) is 27.9 Å². The lowest BCUT2D eigenvalue weighted by atomic mass is 10.3. The number of fused-ring (bicyclic) bond motifs is 1. The van der Waals surface area contributed by atoms with Crippen LogP contribution in [0.1, 0.15) is 30.3 Å². The molecule has 2 rings (SSSR count). The van der Waals surface area contributed by atoms with Crippen LogP contribution < -0.4 is 0 Å². The van der Waals surface area contributed by atoms with E-state index in [2.05, 4.69) is 11.9 Å². The number of carbonyl (C=O) groups is 1. The molecule has 0 saturated heterocycles. The third kappa shape index (κ3) is 2.41.